The van der Waals surface area contributed by atoms with Crippen LogP contribution in [0.4, 0.5) is 5.69 Å². The summed E-state index contributed by atoms with van der Waals surface area (Å²) < 4.78 is 12.8. The van der Waals surface area contributed by atoms with E-state index in [1.807, 2.05) is 12.2 Å². The minimum Gasteiger partial charge on any atom is -0.462 e. The zero-order chi connectivity index (χ0) is 30.6. The van der Waals surface area contributed by atoms with Gasteiger partial charge in [-0.3, -0.25) is 9.59 Å². The average molecular weight is 615 g/mol. The fourth-order valence-corrected chi connectivity index (χ4v) is 7.36. The first kappa shape index (κ1) is 28.2. The molecule has 0 aromatic heterocycles. The predicted octanol–water partition coefficient (Wildman–Crippen LogP) is 9.04. The molecule has 4 aliphatic heterocycles. The number of fused-ring (bicyclic) bond motifs is 3. The van der Waals surface area contributed by atoms with E-state index in [0.29, 0.717) is 22.9 Å². The largest absolute Gasteiger partial charge is 0.462 e. The van der Waals surface area contributed by atoms with Crippen LogP contribution < -0.4 is 9.64 Å². The number of ketones is 2. The molecule has 0 atom stereocenters. The van der Waals surface area contributed by atoms with Crippen LogP contribution in [0.2, 0.25) is 10.0 Å². The fourth-order valence-electron chi connectivity index (χ4n) is 7.03. The number of anilines is 1. The van der Waals surface area contributed by atoms with Gasteiger partial charge in [0.25, 0.3) is 0 Å². The monoisotopic (exact) mass is 613 g/mol. The zero-order valence-corrected chi connectivity index (χ0v) is 26.7. The van der Waals surface area contributed by atoms with Gasteiger partial charge >= 0.3 is 0 Å². The lowest BCUT2D eigenvalue weighted by molar-refractivity contribution is 0.0987. The maximum absolute atomic E-state index is 13.3. The van der Waals surface area contributed by atoms with Crippen LogP contribution in [0.3, 0.4) is 0 Å². The fraction of sp³-hybridized carbons (Fsp3) is 0.333. The second-order valence-corrected chi connectivity index (χ2v) is 14.3. The van der Waals surface area contributed by atoms with Crippen LogP contribution in [0.1, 0.15) is 91.8 Å². The van der Waals surface area contributed by atoms with Crippen LogP contribution in [0, 0.1) is 0 Å². The Morgan fingerprint density at radius 2 is 1.44 bits per heavy atom. The number of nitrogens with zero attached hydrogens (tertiary/aromatic N) is 1. The first-order chi connectivity index (χ1) is 20.2. The van der Waals surface area contributed by atoms with Gasteiger partial charge < -0.3 is 14.4 Å². The first-order valence-electron chi connectivity index (χ1n) is 14.7. The lowest BCUT2D eigenvalue weighted by atomic mass is 9.68. The standard InChI is InChI=1S/C36H33Cl2NO4/c1-18-11-21(43-34-23(18)15-26-31-30(34)36(5,6)8-10-39(31)9-7-35(26,3)4)14-22-13-20(12-19(2)42-22)29-32(40)24-16-27(37)28(38)17-25(24)33(29)41/h11-17H,7-10H2,1-6H3/b21-14+. The van der Waals surface area contributed by atoms with Crippen molar-refractivity contribution in [2.24, 2.45) is 0 Å². The third-order valence-corrected chi connectivity index (χ3v) is 10.2. The Kier molecular flexibility index (Phi) is 6.23. The number of carbonyl (C=O) groups excluding carboxylic acids is 2. The van der Waals surface area contributed by atoms with Gasteiger partial charge in [0.1, 0.15) is 23.0 Å². The van der Waals surface area contributed by atoms with E-state index >= 15 is 0 Å². The van der Waals surface area contributed by atoms with Gasteiger partial charge in [0, 0.05) is 47.1 Å². The smallest absolute Gasteiger partial charge is 0.198 e. The molecule has 7 rings (SSSR count). The number of hydrogen-bond donors (Lipinski definition) is 0. The van der Waals surface area contributed by atoms with Crippen molar-refractivity contribution in [3.8, 4) is 5.75 Å². The number of benzene rings is 2. The van der Waals surface area contributed by atoms with E-state index in [1.54, 1.807) is 19.1 Å². The van der Waals surface area contributed by atoms with E-state index in [9.17, 15) is 9.59 Å². The summed E-state index contributed by atoms with van der Waals surface area (Å²) in [6.45, 7) is 15.3. The molecule has 1 aliphatic carbocycles. The minimum atomic E-state index is -0.375. The lowest BCUT2D eigenvalue weighted by Crippen LogP contribution is -2.45. The lowest BCUT2D eigenvalue weighted by Gasteiger charge is -2.49. The summed E-state index contributed by atoms with van der Waals surface area (Å²) in [4.78, 5) is 29.2. The van der Waals surface area contributed by atoms with Crippen molar-refractivity contribution in [1.82, 2.24) is 0 Å². The van der Waals surface area contributed by atoms with Gasteiger partial charge in [0.15, 0.2) is 11.6 Å². The third kappa shape index (κ3) is 4.35. The summed E-state index contributed by atoms with van der Waals surface area (Å²) in [6.07, 6.45) is 9.46. The van der Waals surface area contributed by atoms with Gasteiger partial charge in [-0.25, -0.2) is 0 Å². The van der Waals surface area contributed by atoms with Gasteiger partial charge in [-0.2, -0.15) is 0 Å². The second-order valence-electron chi connectivity index (χ2n) is 13.5. The first-order valence-corrected chi connectivity index (χ1v) is 15.5. The zero-order valence-electron chi connectivity index (χ0n) is 25.2. The molecule has 5 aliphatic rings. The number of ether oxygens (including phenoxy) is 2. The van der Waals surface area contributed by atoms with Crippen LogP contribution in [-0.4, -0.2) is 24.7 Å². The van der Waals surface area contributed by atoms with Crippen LogP contribution in [0.5, 0.6) is 5.75 Å². The molecule has 2 aromatic carbocycles. The number of carbonyl (C=O) groups is 2. The van der Waals surface area contributed by atoms with Gasteiger partial charge in [0.05, 0.1) is 15.6 Å². The molecule has 0 unspecified atom stereocenters. The van der Waals surface area contributed by atoms with Crippen LogP contribution in [0.25, 0.3) is 5.57 Å². The highest BCUT2D eigenvalue weighted by atomic mass is 35.5. The average Bonchev–Trinajstić information content (AvgIpc) is 3.15. The molecule has 7 heteroatoms. The van der Waals surface area contributed by atoms with Gasteiger partial charge in [-0.05, 0) is 90.7 Å². The maximum Gasteiger partial charge on any atom is 0.198 e. The quantitative estimate of drug-likeness (QED) is 0.237. The predicted molar refractivity (Wildman–Crippen MR) is 171 cm³/mol. The van der Waals surface area contributed by atoms with Crippen molar-refractivity contribution in [1.29, 1.82) is 0 Å². The van der Waals surface area contributed by atoms with Crippen molar-refractivity contribution in [2.45, 2.75) is 65.2 Å². The minimum absolute atomic E-state index is 0.0520. The summed E-state index contributed by atoms with van der Waals surface area (Å²) in [6, 6.07) is 5.26. The van der Waals surface area contributed by atoms with E-state index < -0.39 is 0 Å². The van der Waals surface area contributed by atoms with Crippen molar-refractivity contribution < 1.29 is 19.1 Å². The van der Waals surface area contributed by atoms with Crippen molar-refractivity contribution >= 4 is 46.0 Å². The van der Waals surface area contributed by atoms with E-state index in [-0.39, 0.29) is 49.1 Å². The Morgan fingerprint density at radius 3 is 2.09 bits per heavy atom. The van der Waals surface area contributed by atoms with Gasteiger partial charge in [-0.1, -0.05) is 50.9 Å². The number of halogens is 2. The second kappa shape index (κ2) is 9.48. The Hall–Kier alpha value is -3.54. The Bertz CT molecular complexity index is 1810. The summed E-state index contributed by atoms with van der Waals surface area (Å²) in [7, 11) is 0. The molecule has 0 radical (unpaired) electrons. The topological polar surface area (TPSA) is 55.8 Å². The molecule has 2 aromatic rings. The highest BCUT2D eigenvalue weighted by molar-refractivity contribution is 6.45. The molecule has 220 valence electrons. The Morgan fingerprint density at radius 1 is 0.814 bits per heavy atom. The van der Waals surface area contributed by atoms with E-state index in [0.717, 1.165) is 42.8 Å². The molecule has 4 heterocycles. The molecule has 0 bridgehead atoms. The molecule has 0 spiro atoms. The van der Waals surface area contributed by atoms with Crippen molar-refractivity contribution in [3.05, 3.63) is 109 Å². The normalized spacial score (nSPS) is 22.3. The highest BCUT2D eigenvalue weighted by Crippen LogP contribution is 2.55. The SMILES string of the molecule is CC1=CC(=C2C(=O)c3cc(Cl)c(Cl)cc3C2=O)C=C(/C=C2\C=C(C)c3cc4c5c(c3O2)C(C)(C)CCN5CCC4(C)C)O1. The molecule has 0 saturated carbocycles. The van der Waals surface area contributed by atoms with E-state index in [4.69, 9.17) is 32.7 Å². The summed E-state index contributed by atoms with van der Waals surface area (Å²) >= 11 is 12.3. The molecular weight excluding hydrogens is 581 g/mol. The van der Waals surface area contributed by atoms with Gasteiger partial charge in [-0.15, -0.1) is 0 Å². The molecule has 5 nitrogen and oxygen atoms in total. The number of Topliss-reactive ketones (excluding diaryl/α,β-unsaturated/α-hetero) is 2. The van der Waals surface area contributed by atoms with Gasteiger partial charge in [0.2, 0.25) is 0 Å². The Balaban J connectivity index is 1.32. The van der Waals surface area contributed by atoms with Crippen LogP contribution >= 0.6 is 23.2 Å². The number of rotatable bonds is 1. The van der Waals surface area contributed by atoms with E-state index in [1.165, 1.54) is 28.9 Å². The summed E-state index contributed by atoms with van der Waals surface area (Å²) in [5, 5.41) is 0.471. The number of allylic oxidation sites excluding steroid dienone is 8. The molecule has 43 heavy (non-hydrogen) atoms. The maximum atomic E-state index is 13.3. The van der Waals surface area contributed by atoms with Crippen LogP contribution in [0.15, 0.2) is 70.9 Å². The van der Waals surface area contributed by atoms with Crippen molar-refractivity contribution in [3.63, 3.8) is 0 Å². The third-order valence-electron chi connectivity index (χ3n) is 9.50. The summed E-state index contributed by atoms with van der Waals surface area (Å²) in [5.41, 5.74) is 7.36. The number of hydrogen-bond acceptors (Lipinski definition) is 5. The Labute approximate surface area is 262 Å². The van der Waals surface area contributed by atoms with E-state index in [2.05, 4.69) is 45.6 Å². The van der Waals surface area contributed by atoms with Crippen LogP contribution in [-0.2, 0) is 15.6 Å². The molecule has 0 amide bonds. The molecular formula is C36H33Cl2NO4. The molecule has 0 saturated heterocycles. The highest BCUT2D eigenvalue weighted by Gasteiger charge is 2.44. The van der Waals surface area contributed by atoms with Crippen molar-refractivity contribution in [2.75, 3.05) is 18.0 Å². The summed E-state index contributed by atoms with van der Waals surface area (Å²) in [5.74, 6) is 1.83. The molecule has 0 N–H and O–H groups in total. The molecule has 0 fully saturated rings.